The van der Waals surface area contributed by atoms with Crippen molar-refractivity contribution in [3.8, 4) is 0 Å². The van der Waals surface area contributed by atoms with Gasteiger partial charge in [0.25, 0.3) is 0 Å². The molecule has 0 atom stereocenters. The Bertz CT molecular complexity index is 433. The highest BCUT2D eigenvalue weighted by Gasteiger charge is 2.32. The topological polar surface area (TPSA) is 15.3 Å². The van der Waals surface area contributed by atoms with E-state index in [9.17, 15) is 13.2 Å². The van der Waals surface area contributed by atoms with E-state index in [1.165, 1.54) is 4.90 Å². The first-order valence-corrected chi connectivity index (χ1v) is 6.95. The summed E-state index contributed by atoms with van der Waals surface area (Å²) in [7, 11) is 0. The van der Waals surface area contributed by atoms with Crippen LogP contribution in [0.1, 0.15) is 26.3 Å². The van der Waals surface area contributed by atoms with Gasteiger partial charge < -0.3 is 10.2 Å². The van der Waals surface area contributed by atoms with E-state index in [1.54, 1.807) is 32.0 Å². The summed E-state index contributed by atoms with van der Waals surface area (Å²) in [5.41, 5.74) is 1.37. The van der Waals surface area contributed by atoms with Crippen LogP contribution in [-0.2, 0) is 6.54 Å². The molecule has 0 fully saturated rings. The number of benzene rings is 1. The summed E-state index contributed by atoms with van der Waals surface area (Å²) in [5, 5.41) is 3.49. The number of rotatable bonds is 6. The molecule has 1 N–H and O–H groups in total. The maximum Gasteiger partial charge on any atom is 0.405 e. The molecule has 1 aromatic carbocycles. The van der Waals surface area contributed by atoms with Gasteiger partial charge in [0.1, 0.15) is 6.54 Å². The first-order valence-electron chi connectivity index (χ1n) is 6.57. The number of halogens is 4. The lowest BCUT2D eigenvalue weighted by atomic mass is 10.1. The van der Waals surface area contributed by atoms with Crippen molar-refractivity contribution in [3.05, 3.63) is 28.8 Å². The maximum absolute atomic E-state index is 12.6. The van der Waals surface area contributed by atoms with Crippen LogP contribution in [-0.4, -0.2) is 25.3 Å². The van der Waals surface area contributed by atoms with Crippen molar-refractivity contribution >= 4 is 17.3 Å². The van der Waals surface area contributed by atoms with Crippen LogP contribution in [0, 0.1) is 0 Å². The number of hydrogen-bond acceptors (Lipinski definition) is 2. The molecule has 0 aliphatic heterocycles. The predicted molar refractivity (Wildman–Crippen MR) is 77.4 cm³/mol. The monoisotopic (exact) mass is 308 g/mol. The third-order valence-corrected chi connectivity index (χ3v) is 3.18. The fourth-order valence-corrected chi connectivity index (χ4v) is 2.21. The smallest absolute Gasteiger partial charge is 0.359 e. The van der Waals surface area contributed by atoms with Crippen LogP contribution in [0.3, 0.4) is 0 Å². The van der Waals surface area contributed by atoms with Gasteiger partial charge in [0.05, 0.1) is 10.7 Å². The van der Waals surface area contributed by atoms with E-state index in [4.69, 9.17) is 11.6 Å². The molecule has 0 unspecified atom stereocenters. The van der Waals surface area contributed by atoms with Gasteiger partial charge in [-0.3, -0.25) is 0 Å². The normalized spacial score (nSPS) is 12.0. The summed E-state index contributed by atoms with van der Waals surface area (Å²) in [4.78, 5) is 1.26. The minimum Gasteiger partial charge on any atom is -0.359 e. The van der Waals surface area contributed by atoms with Crippen molar-refractivity contribution in [2.24, 2.45) is 0 Å². The Balaban J connectivity index is 2.97. The lowest BCUT2D eigenvalue weighted by Crippen LogP contribution is -2.39. The van der Waals surface area contributed by atoms with Gasteiger partial charge in [-0.1, -0.05) is 24.6 Å². The number of anilines is 1. The Labute approximate surface area is 122 Å². The van der Waals surface area contributed by atoms with Gasteiger partial charge >= 0.3 is 6.18 Å². The van der Waals surface area contributed by atoms with E-state index in [0.29, 0.717) is 17.3 Å². The molecule has 6 heteroatoms. The molecular weight excluding hydrogens is 289 g/mol. The van der Waals surface area contributed by atoms with Crippen molar-refractivity contribution in [3.63, 3.8) is 0 Å². The van der Waals surface area contributed by atoms with Crippen LogP contribution in [0.5, 0.6) is 0 Å². The molecule has 20 heavy (non-hydrogen) atoms. The molecule has 0 aliphatic rings. The Morgan fingerprint density at radius 1 is 1.30 bits per heavy atom. The van der Waals surface area contributed by atoms with Gasteiger partial charge in [0.2, 0.25) is 0 Å². The molecule has 0 saturated heterocycles. The summed E-state index contributed by atoms with van der Waals surface area (Å²) in [6.07, 6.45) is -4.25. The zero-order chi connectivity index (χ0) is 15.3. The van der Waals surface area contributed by atoms with Gasteiger partial charge in [-0.15, -0.1) is 0 Å². The Hall–Kier alpha value is -0.940. The number of alkyl halides is 3. The van der Waals surface area contributed by atoms with E-state index >= 15 is 0 Å². The second kappa shape index (κ2) is 7.18. The molecule has 2 nitrogen and oxygen atoms in total. The van der Waals surface area contributed by atoms with Crippen LogP contribution in [0.2, 0.25) is 5.02 Å². The minimum absolute atomic E-state index is 0.284. The van der Waals surface area contributed by atoms with Crippen LogP contribution < -0.4 is 10.2 Å². The average Bonchev–Trinajstić information content (AvgIpc) is 2.32. The van der Waals surface area contributed by atoms with E-state index in [0.717, 1.165) is 12.1 Å². The zero-order valence-electron chi connectivity index (χ0n) is 11.9. The molecule has 0 spiro atoms. The number of hydrogen-bond donors (Lipinski definition) is 1. The van der Waals surface area contributed by atoms with Gasteiger partial charge in [0.15, 0.2) is 0 Å². The van der Waals surface area contributed by atoms with E-state index in [1.807, 2.05) is 6.92 Å². The average molecular weight is 309 g/mol. The highest BCUT2D eigenvalue weighted by atomic mass is 35.5. The quantitative estimate of drug-likeness (QED) is 0.846. The Kier molecular flexibility index (Phi) is 6.14. The predicted octanol–water partition coefficient (Wildman–Crippen LogP) is 4.23. The SMILES string of the molecule is CCNCc1ccc(N(CC(F)(F)F)C(C)C)c(Cl)c1. The van der Waals surface area contributed by atoms with Crippen LogP contribution >= 0.6 is 11.6 Å². The maximum atomic E-state index is 12.6. The van der Waals surface area contributed by atoms with E-state index < -0.39 is 12.7 Å². The summed E-state index contributed by atoms with van der Waals surface area (Å²) >= 11 is 6.14. The third kappa shape index (κ3) is 5.21. The molecule has 0 aliphatic carbocycles. The molecule has 1 rings (SSSR count). The van der Waals surface area contributed by atoms with E-state index in [2.05, 4.69) is 5.32 Å². The van der Waals surface area contributed by atoms with Crippen molar-refractivity contribution < 1.29 is 13.2 Å². The van der Waals surface area contributed by atoms with Crippen molar-refractivity contribution in [2.75, 3.05) is 18.0 Å². The molecule has 0 saturated carbocycles. The van der Waals surface area contributed by atoms with Crippen LogP contribution in [0.25, 0.3) is 0 Å². The largest absolute Gasteiger partial charge is 0.405 e. The molecule has 1 aromatic rings. The summed E-state index contributed by atoms with van der Waals surface area (Å²) < 4.78 is 37.9. The Morgan fingerprint density at radius 3 is 2.40 bits per heavy atom. The van der Waals surface area contributed by atoms with Crippen molar-refractivity contribution in [2.45, 2.75) is 39.5 Å². The van der Waals surface area contributed by atoms with Gasteiger partial charge in [-0.2, -0.15) is 13.2 Å². The summed E-state index contributed by atoms with van der Waals surface area (Å²) in [5.74, 6) is 0. The summed E-state index contributed by atoms with van der Waals surface area (Å²) in [6, 6.07) is 4.88. The molecule has 0 bridgehead atoms. The molecule has 0 heterocycles. The van der Waals surface area contributed by atoms with Crippen LogP contribution in [0.4, 0.5) is 18.9 Å². The molecular formula is C14H20ClF3N2. The third-order valence-electron chi connectivity index (χ3n) is 2.87. The number of nitrogens with zero attached hydrogens (tertiary/aromatic N) is 1. The zero-order valence-corrected chi connectivity index (χ0v) is 12.6. The Morgan fingerprint density at radius 2 is 1.95 bits per heavy atom. The molecule has 0 amide bonds. The lowest BCUT2D eigenvalue weighted by Gasteiger charge is -2.30. The van der Waals surface area contributed by atoms with Gasteiger partial charge in [-0.25, -0.2) is 0 Å². The molecule has 114 valence electrons. The summed E-state index contributed by atoms with van der Waals surface area (Å²) in [6.45, 7) is 5.89. The van der Waals surface area contributed by atoms with Gasteiger partial charge in [-0.05, 0) is 38.1 Å². The van der Waals surface area contributed by atoms with Crippen molar-refractivity contribution in [1.29, 1.82) is 0 Å². The second-order valence-electron chi connectivity index (χ2n) is 4.90. The minimum atomic E-state index is -4.25. The van der Waals surface area contributed by atoms with Gasteiger partial charge in [0, 0.05) is 12.6 Å². The van der Waals surface area contributed by atoms with Crippen molar-refractivity contribution in [1.82, 2.24) is 5.32 Å². The second-order valence-corrected chi connectivity index (χ2v) is 5.31. The molecule has 0 radical (unpaired) electrons. The fourth-order valence-electron chi connectivity index (χ4n) is 1.90. The fraction of sp³-hybridized carbons (Fsp3) is 0.571. The van der Waals surface area contributed by atoms with Crippen LogP contribution in [0.15, 0.2) is 18.2 Å². The highest BCUT2D eigenvalue weighted by molar-refractivity contribution is 6.33. The number of nitrogens with one attached hydrogen (secondary N) is 1. The lowest BCUT2D eigenvalue weighted by molar-refractivity contribution is -0.120. The molecule has 0 aromatic heterocycles. The first-order chi connectivity index (χ1) is 9.24. The van der Waals surface area contributed by atoms with E-state index in [-0.39, 0.29) is 6.04 Å². The highest BCUT2D eigenvalue weighted by Crippen LogP contribution is 2.31. The first kappa shape index (κ1) is 17.1. The standard InChI is InChI=1S/C14H20ClF3N2/c1-4-19-8-11-5-6-13(12(15)7-11)20(10(2)3)9-14(16,17)18/h5-7,10,19H,4,8-9H2,1-3H3.